The van der Waals surface area contributed by atoms with Crippen LogP contribution in [0, 0.1) is 0 Å². The summed E-state index contributed by atoms with van der Waals surface area (Å²) in [6, 6.07) is 7.53. The molecule has 2 N–H and O–H groups in total. The smallest absolute Gasteiger partial charge is 0.335 e. The molecule has 0 saturated carbocycles. The Morgan fingerprint density at radius 2 is 1.79 bits per heavy atom. The first kappa shape index (κ1) is 16.4. The average molecular weight is 332 g/mol. The molecule has 2 heterocycles. The highest BCUT2D eigenvalue weighted by atomic mass is 16.4. The maximum absolute atomic E-state index is 12.5. The van der Waals surface area contributed by atoms with Gasteiger partial charge >= 0.3 is 5.97 Å². The standard InChI is InChI=1S/C17H20N2O5/c20-14-6-5-12-3-1-2-4-13(12)19(14)11-15(21)18-9-7-17(24,8-10-18)16(22)23/h1-4,24H,5-11H2,(H,22,23). The Morgan fingerprint density at radius 3 is 2.46 bits per heavy atom. The second kappa shape index (κ2) is 6.24. The lowest BCUT2D eigenvalue weighted by atomic mass is 9.91. The fourth-order valence-electron chi connectivity index (χ4n) is 3.24. The number of carboxylic acid groups (broad SMARTS) is 1. The van der Waals surface area contributed by atoms with Gasteiger partial charge in [0, 0.05) is 38.0 Å². The van der Waals surface area contributed by atoms with E-state index in [0.29, 0.717) is 12.8 Å². The number of rotatable bonds is 3. The van der Waals surface area contributed by atoms with Crippen LogP contribution >= 0.6 is 0 Å². The molecule has 0 unspecified atom stereocenters. The molecule has 128 valence electrons. The predicted molar refractivity (Wildman–Crippen MR) is 85.5 cm³/mol. The predicted octanol–water partition coefficient (Wildman–Crippen LogP) is 0.404. The molecule has 0 spiro atoms. The van der Waals surface area contributed by atoms with Crippen molar-refractivity contribution in [2.75, 3.05) is 24.5 Å². The van der Waals surface area contributed by atoms with Gasteiger partial charge in [-0.25, -0.2) is 4.79 Å². The quantitative estimate of drug-likeness (QED) is 0.835. The van der Waals surface area contributed by atoms with Crippen LogP contribution in [0.2, 0.25) is 0 Å². The van der Waals surface area contributed by atoms with Gasteiger partial charge in [-0.3, -0.25) is 9.59 Å². The maximum atomic E-state index is 12.5. The zero-order chi connectivity index (χ0) is 17.3. The molecule has 2 amide bonds. The largest absolute Gasteiger partial charge is 0.479 e. The van der Waals surface area contributed by atoms with Crippen molar-refractivity contribution in [2.24, 2.45) is 0 Å². The Bertz CT molecular complexity index is 679. The topological polar surface area (TPSA) is 98.2 Å². The van der Waals surface area contributed by atoms with Gasteiger partial charge in [0.15, 0.2) is 5.60 Å². The second-order valence-corrected chi connectivity index (χ2v) is 6.33. The summed E-state index contributed by atoms with van der Waals surface area (Å²) >= 11 is 0. The molecule has 0 radical (unpaired) electrons. The van der Waals surface area contributed by atoms with Crippen molar-refractivity contribution in [1.82, 2.24) is 4.90 Å². The number of hydrogen-bond acceptors (Lipinski definition) is 4. The number of anilines is 1. The van der Waals surface area contributed by atoms with Gasteiger partial charge in [-0.1, -0.05) is 18.2 Å². The number of fused-ring (bicyclic) bond motifs is 1. The number of carbonyl (C=O) groups excluding carboxylic acids is 2. The summed E-state index contributed by atoms with van der Waals surface area (Å²) in [4.78, 5) is 38.8. The molecule has 3 rings (SSSR count). The van der Waals surface area contributed by atoms with Crippen molar-refractivity contribution in [3.05, 3.63) is 29.8 Å². The lowest BCUT2D eigenvalue weighted by Gasteiger charge is -2.37. The van der Waals surface area contributed by atoms with Gasteiger partial charge in [0.05, 0.1) is 0 Å². The number of aliphatic carboxylic acids is 1. The molecule has 7 heteroatoms. The lowest BCUT2D eigenvalue weighted by Crippen LogP contribution is -2.53. The minimum Gasteiger partial charge on any atom is -0.479 e. The Hall–Kier alpha value is -2.41. The van der Waals surface area contributed by atoms with Crippen LogP contribution in [0.1, 0.15) is 24.8 Å². The monoisotopic (exact) mass is 332 g/mol. The molecule has 24 heavy (non-hydrogen) atoms. The summed E-state index contributed by atoms with van der Waals surface area (Å²) in [7, 11) is 0. The Balaban J connectivity index is 1.68. The van der Waals surface area contributed by atoms with E-state index in [1.54, 1.807) is 0 Å². The van der Waals surface area contributed by atoms with Crippen LogP contribution in [0.25, 0.3) is 0 Å². The Kier molecular flexibility index (Phi) is 4.28. The van der Waals surface area contributed by atoms with Gasteiger partial charge in [0.1, 0.15) is 6.54 Å². The van der Waals surface area contributed by atoms with Gasteiger partial charge in [-0.2, -0.15) is 0 Å². The van der Waals surface area contributed by atoms with Crippen molar-refractivity contribution in [1.29, 1.82) is 0 Å². The van der Waals surface area contributed by atoms with Crippen LogP contribution in [-0.2, 0) is 20.8 Å². The highest BCUT2D eigenvalue weighted by Crippen LogP contribution is 2.28. The molecule has 0 bridgehead atoms. The van der Waals surface area contributed by atoms with Crippen LogP contribution in [0.5, 0.6) is 0 Å². The van der Waals surface area contributed by atoms with Crippen LogP contribution in [0.3, 0.4) is 0 Å². The number of likely N-dealkylation sites (tertiary alicyclic amines) is 1. The van der Waals surface area contributed by atoms with E-state index in [1.165, 1.54) is 9.80 Å². The number of carbonyl (C=O) groups is 3. The summed E-state index contributed by atoms with van der Waals surface area (Å²) in [6.45, 7) is 0.290. The summed E-state index contributed by atoms with van der Waals surface area (Å²) in [6.07, 6.45) is 1.05. The van der Waals surface area contributed by atoms with E-state index in [9.17, 15) is 19.5 Å². The molecular formula is C17H20N2O5. The number of para-hydroxylation sites is 1. The normalized spacial score (nSPS) is 19.8. The van der Waals surface area contributed by atoms with Crippen LogP contribution in [-0.4, -0.2) is 58.1 Å². The third-order valence-electron chi connectivity index (χ3n) is 4.83. The zero-order valence-electron chi connectivity index (χ0n) is 13.3. The Morgan fingerprint density at radius 1 is 1.12 bits per heavy atom. The fourth-order valence-corrected chi connectivity index (χ4v) is 3.24. The van der Waals surface area contributed by atoms with Crippen molar-refractivity contribution in [2.45, 2.75) is 31.3 Å². The molecule has 0 aliphatic carbocycles. The van der Waals surface area contributed by atoms with Gasteiger partial charge < -0.3 is 20.0 Å². The molecular weight excluding hydrogens is 312 g/mol. The molecule has 2 aliphatic rings. The number of benzene rings is 1. The minimum atomic E-state index is -1.76. The van der Waals surface area contributed by atoms with E-state index < -0.39 is 11.6 Å². The average Bonchev–Trinajstić information content (AvgIpc) is 2.58. The van der Waals surface area contributed by atoms with Gasteiger partial charge in [0.25, 0.3) is 0 Å². The van der Waals surface area contributed by atoms with Crippen molar-refractivity contribution < 1.29 is 24.6 Å². The first-order valence-corrected chi connectivity index (χ1v) is 8.02. The van der Waals surface area contributed by atoms with Crippen molar-refractivity contribution in [3.63, 3.8) is 0 Å². The van der Waals surface area contributed by atoms with Crippen molar-refractivity contribution in [3.8, 4) is 0 Å². The van der Waals surface area contributed by atoms with Crippen LogP contribution < -0.4 is 4.90 Å². The zero-order valence-corrected chi connectivity index (χ0v) is 13.3. The second-order valence-electron chi connectivity index (χ2n) is 6.33. The number of piperidine rings is 1. The summed E-state index contributed by atoms with van der Waals surface area (Å²) < 4.78 is 0. The fraction of sp³-hybridized carbons (Fsp3) is 0.471. The number of hydrogen-bond donors (Lipinski definition) is 2. The summed E-state index contributed by atoms with van der Waals surface area (Å²) in [5.41, 5.74) is 0.0505. The molecule has 1 aromatic rings. The first-order valence-electron chi connectivity index (χ1n) is 8.02. The number of aliphatic hydroxyl groups is 1. The van der Waals surface area contributed by atoms with E-state index >= 15 is 0 Å². The SMILES string of the molecule is O=C(CN1C(=O)CCc2ccccc21)N1CCC(O)(C(=O)O)CC1. The third kappa shape index (κ3) is 2.99. The molecule has 0 atom stereocenters. The summed E-state index contributed by atoms with van der Waals surface area (Å²) in [5.74, 6) is -1.57. The van der Waals surface area contributed by atoms with Gasteiger partial charge in [0.2, 0.25) is 11.8 Å². The number of nitrogens with zero attached hydrogens (tertiary/aromatic N) is 2. The number of amides is 2. The molecule has 0 aromatic heterocycles. The van der Waals surface area contributed by atoms with E-state index in [0.717, 1.165) is 11.3 Å². The molecule has 1 fully saturated rings. The van der Waals surface area contributed by atoms with Gasteiger partial charge in [-0.15, -0.1) is 0 Å². The molecule has 7 nitrogen and oxygen atoms in total. The maximum Gasteiger partial charge on any atom is 0.335 e. The van der Waals surface area contributed by atoms with E-state index in [2.05, 4.69) is 0 Å². The van der Waals surface area contributed by atoms with E-state index in [4.69, 9.17) is 5.11 Å². The van der Waals surface area contributed by atoms with Crippen LogP contribution in [0.15, 0.2) is 24.3 Å². The lowest BCUT2D eigenvalue weighted by molar-refractivity contribution is -0.165. The first-order chi connectivity index (χ1) is 11.4. The number of carboxylic acids is 1. The van der Waals surface area contributed by atoms with E-state index in [-0.39, 0.29) is 44.3 Å². The molecule has 1 saturated heterocycles. The Labute approximate surface area is 139 Å². The highest BCUT2D eigenvalue weighted by molar-refractivity contribution is 6.01. The van der Waals surface area contributed by atoms with E-state index in [1.807, 2.05) is 24.3 Å². The third-order valence-corrected chi connectivity index (χ3v) is 4.83. The minimum absolute atomic E-state index is 0.00138. The molecule has 1 aromatic carbocycles. The van der Waals surface area contributed by atoms with Crippen LogP contribution in [0.4, 0.5) is 5.69 Å². The number of aryl methyl sites for hydroxylation is 1. The van der Waals surface area contributed by atoms with Gasteiger partial charge in [-0.05, 0) is 18.1 Å². The molecule has 2 aliphatic heterocycles. The van der Waals surface area contributed by atoms with Crippen molar-refractivity contribution >= 4 is 23.5 Å². The summed E-state index contributed by atoms with van der Waals surface area (Å²) in [5, 5.41) is 19.0. The highest BCUT2D eigenvalue weighted by Gasteiger charge is 2.40.